The fraction of sp³-hybridized carbons (Fsp3) is 0.538. The topological polar surface area (TPSA) is 64.6 Å². The number of hydrogen-bond donors (Lipinski definition) is 1. The molecule has 0 saturated heterocycles. The van der Waals surface area contributed by atoms with Crippen LogP contribution in [-0.4, -0.2) is 25.3 Å². The lowest BCUT2D eigenvalue weighted by Gasteiger charge is -2.06. The van der Waals surface area contributed by atoms with Crippen LogP contribution in [0, 0.1) is 12.8 Å². The Kier molecular flexibility index (Phi) is 5.82. The zero-order valence-corrected chi connectivity index (χ0v) is 12.4. The maximum atomic E-state index is 11.6. The fourth-order valence-corrected chi connectivity index (χ4v) is 2.27. The Morgan fingerprint density at radius 2 is 2.05 bits per heavy atom. The van der Waals surface area contributed by atoms with Gasteiger partial charge in [-0.25, -0.2) is 9.59 Å². The predicted molar refractivity (Wildman–Crippen MR) is 74.8 cm³/mol. The largest absolute Gasteiger partial charge is 0.462 e. The molecule has 1 N–H and O–H groups in total. The number of esters is 1. The van der Waals surface area contributed by atoms with Gasteiger partial charge in [-0.05, 0) is 31.4 Å². The number of rotatable bonds is 5. The Hall–Kier alpha value is -1.56. The van der Waals surface area contributed by atoms with E-state index >= 15 is 0 Å². The average molecular weight is 285 g/mol. The molecule has 0 spiro atoms. The minimum Gasteiger partial charge on any atom is -0.462 e. The number of aryl methyl sites for hydroxylation is 1. The van der Waals surface area contributed by atoms with E-state index in [-0.39, 0.29) is 11.9 Å². The summed E-state index contributed by atoms with van der Waals surface area (Å²) in [7, 11) is 0. The van der Waals surface area contributed by atoms with Crippen LogP contribution >= 0.6 is 11.3 Å². The number of carbonyl (C=O) groups is 2. The molecule has 0 atom stereocenters. The minimum absolute atomic E-state index is 0.283. The molecule has 1 amide bonds. The third-order valence-electron chi connectivity index (χ3n) is 2.15. The SMILES string of the molecule is CCOC(=O)c1sc(NC(=O)OCC(C)C)cc1C. The van der Waals surface area contributed by atoms with E-state index in [2.05, 4.69) is 5.32 Å². The van der Waals surface area contributed by atoms with E-state index < -0.39 is 6.09 Å². The first-order chi connectivity index (χ1) is 8.93. The zero-order chi connectivity index (χ0) is 14.4. The molecule has 6 heteroatoms. The fourth-order valence-electron chi connectivity index (χ4n) is 1.32. The van der Waals surface area contributed by atoms with Crippen LogP contribution in [0.1, 0.15) is 36.0 Å². The lowest BCUT2D eigenvalue weighted by atomic mass is 10.2. The molecule has 0 radical (unpaired) electrons. The smallest absolute Gasteiger partial charge is 0.412 e. The van der Waals surface area contributed by atoms with Crippen molar-refractivity contribution in [2.75, 3.05) is 18.5 Å². The summed E-state index contributed by atoms with van der Waals surface area (Å²) in [6.07, 6.45) is -0.509. The first-order valence-corrected chi connectivity index (χ1v) is 6.97. The van der Waals surface area contributed by atoms with Gasteiger partial charge in [-0.1, -0.05) is 13.8 Å². The zero-order valence-electron chi connectivity index (χ0n) is 11.6. The van der Waals surface area contributed by atoms with Gasteiger partial charge in [-0.15, -0.1) is 11.3 Å². The molecule has 5 nitrogen and oxygen atoms in total. The lowest BCUT2D eigenvalue weighted by molar-refractivity contribution is 0.0531. The van der Waals surface area contributed by atoms with Crippen molar-refractivity contribution in [1.82, 2.24) is 0 Å². The van der Waals surface area contributed by atoms with Crippen molar-refractivity contribution in [3.05, 3.63) is 16.5 Å². The molecule has 1 heterocycles. The van der Waals surface area contributed by atoms with E-state index in [9.17, 15) is 9.59 Å². The van der Waals surface area contributed by atoms with E-state index in [1.54, 1.807) is 19.9 Å². The Bertz CT molecular complexity index is 453. The highest BCUT2D eigenvalue weighted by Gasteiger charge is 2.16. The molecule has 19 heavy (non-hydrogen) atoms. The highest BCUT2D eigenvalue weighted by molar-refractivity contribution is 7.18. The number of carbonyl (C=O) groups excluding carboxylic acids is 2. The normalized spacial score (nSPS) is 10.4. The molecular weight excluding hydrogens is 266 g/mol. The second-order valence-electron chi connectivity index (χ2n) is 4.46. The molecule has 0 aliphatic carbocycles. The number of hydrogen-bond acceptors (Lipinski definition) is 5. The van der Waals surface area contributed by atoms with Crippen molar-refractivity contribution >= 4 is 28.4 Å². The van der Waals surface area contributed by atoms with Gasteiger partial charge in [0.15, 0.2) is 0 Å². The molecule has 106 valence electrons. The van der Waals surface area contributed by atoms with Gasteiger partial charge in [0.1, 0.15) is 4.88 Å². The van der Waals surface area contributed by atoms with Crippen LogP contribution in [-0.2, 0) is 9.47 Å². The van der Waals surface area contributed by atoms with Crippen LogP contribution < -0.4 is 5.32 Å². The quantitative estimate of drug-likeness (QED) is 0.842. The standard InChI is InChI=1S/C13H19NO4S/c1-5-17-12(15)11-9(4)6-10(19-11)14-13(16)18-7-8(2)3/h6,8H,5,7H2,1-4H3,(H,14,16). The first kappa shape index (κ1) is 15.5. The van der Waals surface area contributed by atoms with Crippen molar-refractivity contribution < 1.29 is 19.1 Å². The molecule has 1 rings (SSSR count). The number of thiophene rings is 1. The van der Waals surface area contributed by atoms with Crippen molar-refractivity contribution in [2.24, 2.45) is 5.92 Å². The van der Waals surface area contributed by atoms with Crippen LogP contribution in [0.2, 0.25) is 0 Å². The molecule has 0 aliphatic heterocycles. The van der Waals surface area contributed by atoms with E-state index in [1.807, 2.05) is 13.8 Å². The van der Waals surface area contributed by atoms with Crippen LogP contribution in [0.5, 0.6) is 0 Å². The molecule has 0 bridgehead atoms. The monoisotopic (exact) mass is 285 g/mol. The van der Waals surface area contributed by atoms with Crippen molar-refractivity contribution in [1.29, 1.82) is 0 Å². The summed E-state index contributed by atoms with van der Waals surface area (Å²) in [4.78, 5) is 23.6. The maximum absolute atomic E-state index is 11.6. The van der Waals surface area contributed by atoms with Crippen LogP contribution in [0.3, 0.4) is 0 Å². The van der Waals surface area contributed by atoms with Gasteiger partial charge >= 0.3 is 12.1 Å². The van der Waals surface area contributed by atoms with Gasteiger partial charge in [-0.3, -0.25) is 5.32 Å². The summed E-state index contributed by atoms with van der Waals surface area (Å²) in [5.41, 5.74) is 0.780. The molecule has 0 unspecified atom stereocenters. The number of anilines is 1. The van der Waals surface area contributed by atoms with Crippen molar-refractivity contribution in [3.8, 4) is 0 Å². The van der Waals surface area contributed by atoms with Crippen LogP contribution in [0.15, 0.2) is 6.07 Å². The van der Waals surface area contributed by atoms with E-state index in [0.717, 1.165) is 5.56 Å². The second kappa shape index (κ2) is 7.13. The molecule has 0 aromatic carbocycles. The molecule has 0 saturated carbocycles. The molecule has 1 aromatic heterocycles. The van der Waals surface area contributed by atoms with Gasteiger partial charge in [0.25, 0.3) is 0 Å². The third-order valence-corrected chi connectivity index (χ3v) is 3.28. The van der Waals surface area contributed by atoms with E-state index in [4.69, 9.17) is 9.47 Å². The Morgan fingerprint density at radius 1 is 1.37 bits per heavy atom. The average Bonchev–Trinajstić information content (AvgIpc) is 2.68. The first-order valence-electron chi connectivity index (χ1n) is 6.15. The number of amides is 1. The Morgan fingerprint density at radius 3 is 2.63 bits per heavy atom. The molecule has 0 fully saturated rings. The molecule has 0 aliphatic rings. The Balaban J connectivity index is 2.63. The summed E-state index contributed by atoms with van der Waals surface area (Å²) in [6.45, 7) is 8.16. The third kappa shape index (κ3) is 4.90. The predicted octanol–water partition coefficient (Wildman–Crippen LogP) is 3.44. The summed E-state index contributed by atoms with van der Waals surface area (Å²) >= 11 is 1.18. The maximum Gasteiger partial charge on any atom is 0.412 e. The van der Waals surface area contributed by atoms with Crippen LogP contribution in [0.4, 0.5) is 9.80 Å². The lowest BCUT2D eigenvalue weighted by Crippen LogP contribution is -2.15. The second-order valence-corrected chi connectivity index (χ2v) is 5.51. The van der Waals surface area contributed by atoms with Crippen molar-refractivity contribution in [2.45, 2.75) is 27.7 Å². The van der Waals surface area contributed by atoms with Gasteiger partial charge in [-0.2, -0.15) is 0 Å². The van der Waals surface area contributed by atoms with Crippen LogP contribution in [0.25, 0.3) is 0 Å². The van der Waals surface area contributed by atoms with Crippen molar-refractivity contribution in [3.63, 3.8) is 0 Å². The summed E-state index contributed by atoms with van der Waals surface area (Å²) < 4.78 is 9.94. The highest BCUT2D eigenvalue weighted by atomic mass is 32.1. The van der Waals surface area contributed by atoms with Gasteiger partial charge in [0.05, 0.1) is 18.2 Å². The number of nitrogens with one attached hydrogen (secondary N) is 1. The summed E-state index contributed by atoms with van der Waals surface area (Å²) in [5.74, 6) is -0.0838. The Labute approximate surface area is 116 Å². The number of ether oxygens (including phenoxy) is 2. The van der Waals surface area contributed by atoms with Gasteiger partial charge < -0.3 is 9.47 Å². The van der Waals surface area contributed by atoms with Gasteiger partial charge in [0.2, 0.25) is 0 Å². The van der Waals surface area contributed by atoms with E-state index in [1.165, 1.54) is 11.3 Å². The molecule has 1 aromatic rings. The molecular formula is C13H19NO4S. The van der Waals surface area contributed by atoms with E-state index in [0.29, 0.717) is 23.1 Å². The summed E-state index contributed by atoms with van der Waals surface area (Å²) in [6, 6.07) is 1.73. The van der Waals surface area contributed by atoms with Gasteiger partial charge in [0, 0.05) is 0 Å². The summed E-state index contributed by atoms with van der Waals surface area (Å²) in [5, 5.41) is 3.18. The highest BCUT2D eigenvalue weighted by Crippen LogP contribution is 2.27. The minimum atomic E-state index is -0.509.